The Morgan fingerprint density at radius 2 is 2.10 bits per heavy atom. The number of hydrogen-bond donors (Lipinski definition) is 1. The largest absolute Gasteiger partial charge is 0.372 e. The van der Waals surface area contributed by atoms with Crippen LogP contribution in [0.3, 0.4) is 0 Å². The molecule has 1 aliphatic heterocycles. The predicted molar refractivity (Wildman–Crippen MR) is 85.9 cm³/mol. The first-order valence-electron chi connectivity index (χ1n) is 6.52. The van der Waals surface area contributed by atoms with Crippen LogP contribution >= 0.6 is 23.8 Å². The summed E-state index contributed by atoms with van der Waals surface area (Å²) in [4.78, 5) is 12.3. The Kier molecular flexibility index (Phi) is 4.97. The molecule has 1 N–H and O–H groups in total. The molecule has 8 heteroatoms. The van der Waals surface area contributed by atoms with E-state index in [1.807, 2.05) is 18.7 Å². The van der Waals surface area contributed by atoms with Crippen molar-refractivity contribution in [3.05, 3.63) is 33.3 Å². The predicted octanol–water partition coefficient (Wildman–Crippen LogP) is 3.05. The number of morpholine rings is 1. The Hall–Kier alpha value is -1.44. The molecular weight excluding hydrogens is 314 g/mol. The highest BCUT2D eigenvalue weighted by atomic mass is 35.5. The minimum absolute atomic E-state index is 0.0339. The van der Waals surface area contributed by atoms with Gasteiger partial charge in [0.15, 0.2) is 5.11 Å². The van der Waals surface area contributed by atoms with Crippen molar-refractivity contribution in [3.63, 3.8) is 0 Å². The standard InChI is InChI=1S/C13H16ClN3O3S/c1-8-6-16(7-9(2)20-8)13(21)15-12-5-10(17(18)19)3-4-11(12)14/h3-5,8-9H,6-7H2,1-2H3,(H,15,21). The first kappa shape index (κ1) is 15.9. The van der Waals surface area contributed by atoms with Crippen LogP contribution < -0.4 is 5.32 Å². The summed E-state index contributed by atoms with van der Waals surface area (Å²) in [6.45, 7) is 5.29. The molecule has 2 atom stereocenters. The summed E-state index contributed by atoms with van der Waals surface area (Å²) in [5, 5.41) is 14.7. The Morgan fingerprint density at radius 1 is 1.48 bits per heavy atom. The molecule has 2 rings (SSSR count). The molecule has 6 nitrogen and oxygen atoms in total. The number of non-ortho nitro benzene ring substituents is 1. The minimum atomic E-state index is -0.469. The third kappa shape index (κ3) is 4.03. The van der Waals surface area contributed by atoms with Crippen LogP contribution in [0, 0.1) is 10.1 Å². The van der Waals surface area contributed by atoms with E-state index in [2.05, 4.69) is 5.32 Å². The van der Waals surface area contributed by atoms with Crippen LogP contribution in [0.2, 0.25) is 5.02 Å². The number of nitro groups is 1. The van der Waals surface area contributed by atoms with Gasteiger partial charge in [-0.05, 0) is 32.1 Å². The molecule has 0 bridgehead atoms. The summed E-state index contributed by atoms with van der Waals surface area (Å²) < 4.78 is 5.65. The first-order chi connectivity index (χ1) is 9.86. The zero-order valence-corrected chi connectivity index (χ0v) is 13.3. The zero-order chi connectivity index (χ0) is 15.6. The third-order valence-electron chi connectivity index (χ3n) is 3.11. The third-order valence-corrected chi connectivity index (χ3v) is 3.80. The SMILES string of the molecule is CC1CN(C(=S)Nc2cc([N+](=O)[O-])ccc2Cl)CC(C)O1. The number of nitrogens with one attached hydrogen (secondary N) is 1. The van der Waals surface area contributed by atoms with Crippen LogP contribution in [-0.2, 0) is 4.74 Å². The molecule has 0 amide bonds. The van der Waals surface area contributed by atoms with Gasteiger partial charge in [0.05, 0.1) is 27.8 Å². The minimum Gasteiger partial charge on any atom is -0.372 e. The van der Waals surface area contributed by atoms with Crippen molar-refractivity contribution in [2.24, 2.45) is 0 Å². The molecule has 1 aromatic rings. The highest BCUT2D eigenvalue weighted by molar-refractivity contribution is 7.80. The van der Waals surface area contributed by atoms with Crippen LogP contribution in [-0.4, -0.2) is 40.2 Å². The number of ether oxygens (including phenoxy) is 1. The molecule has 0 aliphatic carbocycles. The molecule has 0 aromatic heterocycles. The summed E-state index contributed by atoms with van der Waals surface area (Å²) >= 11 is 11.4. The quantitative estimate of drug-likeness (QED) is 0.511. The van der Waals surface area contributed by atoms with E-state index in [1.165, 1.54) is 18.2 Å². The maximum absolute atomic E-state index is 10.8. The molecule has 21 heavy (non-hydrogen) atoms. The lowest BCUT2D eigenvalue weighted by Gasteiger charge is -2.37. The van der Waals surface area contributed by atoms with Crippen molar-refractivity contribution in [3.8, 4) is 0 Å². The van der Waals surface area contributed by atoms with E-state index in [9.17, 15) is 10.1 Å². The van der Waals surface area contributed by atoms with Crippen molar-refractivity contribution in [2.75, 3.05) is 18.4 Å². The number of rotatable bonds is 2. The van der Waals surface area contributed by atoms with E-state index in [0.29, 0.717) is 28.9 Å². The van der Waals surface area contributed by atoms with Gasteiger partial charge in [-0.25, -0.2) is 0 Å². The molecule has 0 saturated carbocycles. The monoisotopic (exact) mass is 329 g/mol. The molecule has 0 spiro atoms. The lowest BCUT2D eigenvalue weighted by atomic mass is 10.2. The smallest absolute Gasteiger partial charge is 0.271 e. The molecule has 1 heterocycles. The van der Waals surface area contributed by atoms with Gasteiger partial charge in [0.25, 0.3) is 5.69 Å². The lowest BCUT2D eigenvalue weighted by molar-refractivity contribution is -0.384. The van der Waals surface area contributed by atoms with Gasteiger partial charge in [-0.3, -0.25) is 10.1 Å². The summed E-state index contributed by atoms with van der Waals surface area (Å²) in [5.41, 5.74) is 0.399. The van der Waals surface area contributed by atoms with E-state index in [0.717, 1.165) is 0 Å². The molecular formula is C13H16ClN3O3S. The van der Waals surface area contributed by atoms with Crippen molar-refractivity contribution < 1.29 is 9.66 Å². The van der Waals surface area contributed by atoms with Gasteiger partial charge in [-0.1, -0.05) is 11.6 Å². The highest BCUT2D eigenvalue weighted by Gasteiger charge is 2.24. The molecule has 1 saturated heterocycles. The Balaban J connectivity index is 2.12. The number of anilines is 1. The number of nitro benzene ring substituents is 1. The maximum Gasteiger partial charge on any atom is 0.271 e. The number of nitrogens with zero attached hydrogens (tertiary/aromatic N) is 2. The summed E-state index contributed by atoms with van der Waals surface area (Å²) in [6, 6.07) is 4.21. The van der Waals surface area contributed by atoms with Crippen molar-refractivity contribution in [1.29, 1.82) is 0 Å². The van der Waals surface area contributed by atoms with Crippen LogP contribution in [0.25, 0.3) is 0 Å². The number of benzene rings is 1. The van der Waals surface area contributed by atoms with Crippen LogP contribution in [0.15, 0.2) is 18.2 Å². The van der Waals surface area contributed by atoms with Gasteiger partial charge < -0.3 is 15.0 Å². The Labute approximate surface area is 133 Å². The van der Waals surface area contributed by atoms with Crippen molar-refractivity contribution in [1.82, 2.24) is 4.90 Å². The van der Waals surface area contributed by atoms with Crippen molar-refractivity contribution in [2.45, 2.75) is 26.1 Å². The second-order valence-corrected chi connectivity index (χ2v) is 5.81. The fraction of sp³-hybridized carbons (Fsp3) is 0.462. The fourth-order valence-electron chi connectivity index (χ4n) is 2.26. The van der Waals surface area contributed by atoms with Gasteiger partial charge in [-0.15, -0.1) is 0 Å². The molecule has 1 aliphatic rings. The van der Waals surface area contributed by atoms with Crippen LogP contribution in [0.4, 0.5) is 11.4 Å². The second-order valence-electron chi connectivity index (χ2n) is 5.01. The summed E-state index contributed by atoms with van der Waals surface area (Å²) in [6.07, 6.45) is 0.156. The summed E-state index contributed by atoms with van der Waals surface area (Å²) in [7, 11) is 0. The van der Waals surface area contributed by atoms with Crippen molar-refractivity contribution >= 4 is 40.3 Å². The van der Waals surface area contributed by atoms with E-state index in [4.69, 9.17) is 28.6 Å². The van der Waals surface area contributed by atoms with Gasteiger partial charge in [0, 0.05) is 25.2 Å². The zero-order valence-electron chi connectivity index (χ0n) is 11.7. The van der Waals surface area contributed by atoms with Gasteiger partial charge in [-0.2, -0.15) is 0 Å². The second kappa shape index (κ2) is 6.55. The molecule has 1 aromatic carbocycles. The van der Waals surface area contributed by atoms with E-state index >= 15 is 0 Å². The fourth-order valence-corrected chi connectivity index (χ4v) is 2.68. The number of halogens is 1. The average Bonchev–Trinajstić information content (AvgIpc) is 2.39. The average molecular weight is 330 g/mol. The number of hydrogen-bond acceptors (Lipinski definition) is 4. The van der Waals surface area contributed by atoms with Gasteiger partial charge in [0.2, 0.25) is 0 Å². The first-order valence-corrected chi connectivity index (χ1v) is 7.30. The molecule has 114 valence electrons. The van der Waals surface area contributed by atoms with Gasteiger partial charge in [0.1, 0.15) is 0 Å². The molecule has 0 radical (unpaired) electrons. The normalized spacial score (nSPS) is 22.0. The molecule has 2 unspecified atom stereocenters. The van der Waals surface area contributed by atoms with E-state index in [1.54, 1.807) is 0 Å². The summed E-state index contributed by atoms with van der Waals surface area (Å²) in [5.74, 6) is 0. The Bertz CT molecular complexity index is 560. The van der Waals surface area contributed by atoms with E-state index in [-0.39, 0.29) is 17.9 Å². The highest BCUT2D eigenvalue weighted by Crippen LogP contribution is 2.27. The van der Waals surface area contributed by atoms with E-state index < -0.39 is 4.92 Å². The topological polar surface area (TPSA) is 67.6 Å². The maximum atomic E-state index is 10.8. The van der Waals surface area contributed by atoms with Gasteiger partial charge >= 0.3 is 0 Å². The lowest BCUT2D eigenvalue weighted by Crippen LogP contribution is -2.49. The van der Waals surface area contributed by atoms with Crippen LogP contribution in [0.1, 0.15) is 13.8 Å². The number of thiocarbonyl (C=S) groups is 1. The van der Waals surface area contributed by atoms with Crippen LogP contribution in [0.5, 0.6) is 0 Å². The molecule has 1 fully saturated rings. The Morgan fingerprint density at radius 3 is 2.67 bits per heavy atom.